The zero-order valence-corrected chi connectivity index (χ0v) is 18.2. The van der Waals surface area contributed by atoms with Gasteiger partial charge in [0.25, 0.3) is 5.92 Å². The highest BCUT2D eigenvalue weighted by atomic mass is 19.3. The van der Waals surface area contributed by atoms with Crippen LogP contribution in [0, 0.1) is 5.82 Å². The summed E-state index contributed by atoms with van der Waals surface area (Å²) in [7, 11) is 0. The van der Waals surface area contributed by atoms with Gasteiger partial charge in [-0.15, -0.1) is 10.2 Å². The molecule has 0 aliphatic carbocycles. The van der Waals surface area contributed by atoms with Crippen molar-refractivity contribution in [1.82, 2.24) is 19.6 Å². The van der Waals surface area contributed by atoms with Crippen molar-refractivity contribution >= 4 is 34.2 Å². The molecule has 176 valence electrons. The molecule has 2 N–H and O–H groups in total. The summed E-state index contributed by atoms with van der Waals surface area (Å²) in [6, 6.07) is 8.53. The van der Waals surface area contributed by atoms with Gasteiger partial charge in [0, 0.05) is 42.6 Å². The van der Waals surface area contributed by atoms with Crippen LogP contribution in [-0.2, 0) is 0 Å². The Morgan fingerprint density at radius 2 is 1.94 bits per heavy atom. The average Bonchev–Trinajstić information content (AvgIpc) is 3.29. The maximum Gasteiger partial charge on any atom is 0.337 e. The summed E-state index contributed by atoms with van der Waals surface area (Å²) >= 11 is 0. The molecule has 1 atom stereocenters. The Morgan fingerprint density at radius 3 is 2.68 bits per heavy atom. The minimum atomic E-state index is -2.72. The monoisotopic (exact) mass is 470 g/mol. The van der Waals surface area contributed by atoms with Crippen LogP contribution in [0.15, 0.2) is 42.7 Å². The maximum absolute atomic E-state index is 14.7. The van der Waals surface area contributed by atoms with E-state index in [0.717, 1.165) is 0 Å². The number of carboxylic acid groups (broad SMARTS) is 1. The summed E-state index contributed by atoms with van der Waals surface area (Å²) in [5.41, 5.74) is 1.72. The van der Waals surface area contributed by atoms with Gasteiger partial charge in [0.1, 0.15) is 12.1 Å². The van der Waals surface area contributed by atoms with Crippen molar-refractivity contribution in [3.63, 3.8) is 0 Å². The topological polar surface area (TPSA) is 95.6 Å². The number of nitrogens with one attached hydrogen (secondary N) is 1. The summed E-state index contributed by atoms with van der Waals surface area (Å²) in [5, 5.41) is 21.1. The van der Waals surface area contributed by atoms with E-state index in [2.05, 4.69) is 15.5 Å². The van der Waals surface area contributed by atoms with Crippen LogP contribution in [0.25, 0.3) is 16.6 Å². The summed E-state index contributed by atoms with van der Waals surface area (Å²) in [6.45, 7) is 1.98. The van der Waals surface area contributed by atoms with Crippen molar-refractivity contribution in [3.8, 4) is 0 Å². The fraction of sp³-hybridized carbons (Fsp3) is 0.304. The Bertz CT molecular complexity index is 1400. The number of halogens is 3. The molecule has 0 spiro atoms. The second-order valence-electron chi connectivity index (χ2n) is 8.39. The molecule has 0 saturated carbocycles. The van der Waals surface area contributed by atoms with Crippen molar-refractivity contribution in [2.75, 3.05) is 23.3 Å². The van der Waals surface area contributed by atoms with Gasteiger partial charge < -0.3 is 15.3 Å². The van der Waals surface area contributed by atoms with Crippen molar-refractivity contribution in [3.05, 3.63) is 59.7 Å². The molecule has 0 bridgehead atoms. The van der Waals surface area contributed by atoms with Crippen LogP contribution in [-0.4, -0.2) is 49.7 Å². The van der Waals surface area contributed by atoms with Crippen LogP contribution in [0.3, 0.4) is 0 Å². The van der Waals surface area contributed by atoms with Gasteiger partial charge in [-0.25, -0.2) is 22.9 Å². The third-order valence-corrected chi connectivity index (χ3v) is 6.09. The smallest absolute Gasteiger partial charge is 0.337 e. The van der Waals surface area contributed by atoms with Crippen LogP contribution in [0.1, 0.15) is 41.7 Å². The molecule has 1 fully saturated rings. The highest BCUT2D eigenvalue weighted by molar-refractivity contribution is 5.96. The van der Waals surface area contributed by atoms with Gasteiger partial charge in [-0.3, -0.25) is 4.40 Å². The lowest BCUT2D eigenvalue weighted by Gasteiger charge is -2.32. The molecule has 1 saturated heterocycles. The number of piperidine rings is 1. The fourth-order valence-electron chi connectivity index (χ4n) is 4.33. The summed E-state index contributed by atoms with van der Waals surface area (Å²) in [4.78, 5) is 18.1. The minimum Gasteiger partial charge on any atom is -0.478 e. The number of benzene rings is 2. The first-order valence-corrected chi connectivity index (χ1v) is 10.8. The van der Waals surface area contributed by atoms with Crippen LogP contribution in [0.5, 0.6) is 0 Å². The SMILES string of the molecule is C[C@@H](Nc1ccccc1C(=O)O)c1cc(F)cc2c1nc(N1CCC(F)(F)CC1)n1cnnc21. The number of hydrogen-bond acceptors (Lipinski definition) is 6. The predicted molar refractivity (Wildman–Crippen MR) is 120 cm³/mol. The number of anilines is 2. The molecular weight excluding hydrogens is 449 g/mol. The largest absolute Gasteiger partial charge is 0.478 e. The first-order valence-electron chi connectivity index (χ1n) is 10.8. The van der Waals surface area contributed by atoms with Gasteiger partial charge in [0.15, 0.2) is 5.65 Å². The number of carbonyl (C=O) groups is 1. The quantitative estimate of drug-likeness (QED) is 0.443. The Kier molecular flexibility index (Phi) is 5.26. The normalized spacial score (nSPS) is 16.6. The van der Waals surface area contributed by atoms with Crippen molar-refractivity contribution in [2.24, 2.45) is 0 Å². The number of aromatic carboxylic acids is 1. The maximum atomic E-state index is 14.7. The van der Waals surface area contributed by atoms with Gasteiger partial charge in [0.05, 0.1) is 17.1 Å². The number of fused-ring (bicyclic) bond motifs is 3. The van der Waals surface area contributed by atoms with Gasteiger partial charge in [-0.05, 0) is 31.2 Å². The van der Waals surface area contributed by atoms with Crippen LogP contribution >= 0.6 is 0 Å². The van der Waals surface area contributed by atoms with Crippen LogP contribution in [0.2, 0.25) is 0 Å². The zero-order valence-electron chi connectivity index (χ0n) is 18.2. The van der Waals surface area contributed by atoms with E-state index in [-0.39, 0.29) is 31.5 Å². The van der Waals surface area contributed by atoms with E-state index in [4.69, 9.17) is 4.98 Å². The highest BCUT2D eigenvalue weighted by Crippen LogP contribution is 2.34. The second kappa shape index (κ2) is 8.15. The van der Waals surface area contributed by atoms with Crippen molar-refractivity contribution < 1.29 is 23.1 Å². The molecule has 1 aliphatic rings. The summed E-state index contributed by atoms with van der Waals surface area (Å²) < 4.78 is 43.7. The minimum absolute atomic E-state index is 0.0813. The molecule has 3 heterocycles. The van der Waals surface area contributed by atoms with Gasteiger partial charge in [-0.1, -0.05) is 12.1 Å². The van der Waals surface area contributed by atoms with Crippen molar-refractivity contribution in [2.45, 2.75) is 31.7 Å². The van der Waals surface area contributed by atoms with Crippen LogP contribution < -0.4 is 10.2 Å². The Balaban J connectivity index is 1.62. The second-order valence-corrected chi connectivity index (χ2v) is 8.39. The molecular formula is C23H21F3N6O2. The molecule has 2 aromatic carbocycles. The first-order chi connectivity index (χ1) is 16.2. The van der Waals surface area contributed by atoms with E-state index in [0.29, 0.717) is 33.7 Å². The molecule has 11 heteroatoms. The predicted octanol–water partition coefficient (Wildman–Crippen LogP) is 4.52. The van der Waals surface area contributed by atoms with Gasteiger partial charge >= 0.3 is 5.97 Å². The third kappa shape index (κ3) is 3.87. The third-order valence-electron chi connectivity index (χ3n) is 6.09. The lowest BCUT2D eigenvalue weighted by atomic mass is 10.0. The molecule has 0 radical (unpaired) electrons. The van der Waals surface area contributed by atoms with E-state index < -0.39 is 23.8 Å². The van der Waals surface area contributed by atoms with E-state index >= 15 is 0 Å². The number of aromatic nitrogens is 4. The lowest BCUT2D eigenvalue weighted by molar-refractivity contribution is -0.0222. The average molecular weight is 470 g/mol. The number of rotatable bonds is 5. The number of alkyl halides is 2. The van der Waals surface area contributed by atoms with Crippen molar-refractivity contribution in [1.29, 1.82) is 0 Å². The van der Waals surface area contributed by atoms with Crippen LogP contribution in [0.4, 0.5) is 24.8 Å². The first kappa shape index (κ1) is 21.9. The molecule has 4 aromatic rings. The summed E-state index contributed by atoms with van der Waals surface area (Å²) in [5.74, 6) is -3.93. The standard InChI is InChI=1S/C23H21F3N6O2/c1-13(28-18-5-3-2-4-15(18)21(33)34)16-10-14(24)11-17-19(16)29-22(32-12-27-30-20(17)32)31-8-6-23(25,26)7-9-31/h2-5,10-13,28H,6-9H2,1H3,(H,33,34)/t13-/m1/s1. The van der Waals surface area contributed by atoms with E-state index in [1.54, 1.807) is 34.4 Å². The molecule has 8 nitrogen and oxygen atoms in total. The molecule has 5 rings (SSSR count). The van der Waals surface area contributed by atoms with Gasteiger partial charge in [0.2, 0.25) is 5.95 Å². The fourth-order valence-corrected chi connectivity index (χ4v) is 4.33. The Labute approximate surface area is 192 Å². The number of hydrogen-bond donors (Lipinski definition) is 2. The van der Waals surface area contributed by atoms with Gasteiger partial charge in [-0.2, -0.15) is 0 Å². The molecule has 1 aliphatic heterocycles. The molecule has 34 heavy (non-hydrogen) atoms. The summed E-state index contributed by atoms with van der Waals surface area (Å²) in [6.07, 6.45) is 0.840. The Morgan fingerprint density at radius 1 is 1.21 bits per heavy atom. The van der Waals surface area contributed by atoms with E-state index in [9.17, 15) is 23.1 Å². The molecule has 0 amide bonds. The number of carboxylic acids is 1. The van der Waals surface area contributed by atoms with E-state index in [1.165, 1.54) is 24.5 Å². The lowest BCUT2D eigenvalue weighted by Crippen LogP contribution is -2.40. The number of para-hydroxylation sites is 1. The number of nitrogens with zero attached hydrogens (tertiary/aromatic N) is 5. The van der Waals surface area contributed by atoms with E-state index in [1.807, 2.05) is 0 Å². The highest BCUT2D eigenvalue weighted by Gasteiger charge is 2.35. The zero-order chi connectivity index (χ0) is 24.0. The molecule has 2 aromatic heterocycles. The Hall–Kier alpha value is -3.89. The molecule has 0 unspecified atom stereocenters.